The lowest BCUT2D eigenvalue weighted by atomic mass is 9.87. The predicted octanol–water partition coefficient (Wildman–Crippen LogP) is 4.13. The van der Waals surface area contributed by atoms with Crippen LogP contribution in [0.25, 0.3) is 11.4 Å². The third-order valence-electron chi connectivity index (χ3n) is 6.34. The van der Waals surface area contributed by atoms with E-state index in [4.69, 9.17) is 14.2 Å². The smallest absolute Gasteiger partial charge is 0.233 e. The summed E-state index contributed by atoms with van der Waals surface area (Å²) in [6, 6.07) is 6.04. The molecule has 2 aromatic rings. The van der Waals surface area contributed by atoms with Crippen molar-refractivity contribution in [1.82, 2.24) is 19.7 Å². The summed E-state index contributed by atoms with van der Waals surface area (Å²) in [4.78, 5) is 14.8. The van der Waals surface area contributed by atoms with Gasteiger partial charge >= 0.3 is 0 Å². The average Bonchev–Trinajstić information content (AvgIpc) is 3.24. The summed E-state index contributed by atoms with van der Waals surface area (Å²) in [5, 5.41) is 9.59. The number of thioether (sulfide) groups is 1. The van der Waals surface area contributed by atoms with Crippen LogP contribution >= 0.6 is 11.8 Å². The van der Waals surface area contributed by atoms with Crippen molar-refractivity contribution in [1.29, 1.82) is 0 Å². The molecule has 1 aliphatic carbocycles. The van der Waals surface area contributed by atoms with E-state index in [0.29, 0.717) is 36.4 Å². The Morgan fingerprint density at radius 2 is 1.85 bits per heavy atom. The Hall–Kier alpha value is -2.26. The van der Waals surface area contributed by atoms with Gasteiger partial charge in [-0.3, -0.25) is 4.79 Å². The molecule has 0 N–H and O–H groups in total. The molecule has 8 nitrogen and oxygen atoms in total. The second kappa shape index (κ2) is 12.3. The molecule has 3 rings (SSSR count). The number of nitrogens with zero attached hydrogens (tertiary/aromatic N) is 4. The van der Waals surface area contributed by atoms with Gasteiger partial charge in [0.15, 0.2) is 22.5 Å². The van der Waals surface area contributed by atoms with E-state index in [1.807, 2.05) is 30.1 Å². The van der Waals surface area contributed by atoms with Crippen LogP contribution in [0.1, 0.15) is 39.0 Å². The highest BCUT2D eigenvalue weighted by Gasteiger charge is 2.25. The van der Waals surface area contributed by atoms with Crippen LogP contribution in [0.4, 0.5) is 0 Å². The number of hydrogen-bond donors (Lipinski definition) is 0. The predicted molar refractivity (Wildman–Crippen MR) is 130 cm³/mol. The molecule has 1 heterocycles. The second-order valence-corrected chi connectivity index (χ2v) is 9.52. The lowest BCUT2D eigenvalue weighted by molar-refractivity contribution is -0.129. The molecule has 1 saturated carbocycles. The van der Waals surface area contributed by atoms with Gasteiger partial charge in [-0.25, -0.2) is 0 Å². The van der Waals surface area contributed by atoms with Crippen LogP contribution in [0.15, 0.2) is 23.4 Å². The van der Waals surface area contributed by atoms with Gasteiger partial charge in [0.25, 0.3) is 0 Å². The number of benzene rings is 1. The number of carbonyl (C=O) groups is 1. The number of rotatable bonds is 11. The fourth-order valence-corrected chi connectivity index (χ4v) is 5.10. The van der Waals surface area contributed by atoms with E-state index in [1.54, 1.807) is 21.3 Å². The Morgan fingerprint density at radius 1 is 1.12 bits per heavy atom. The maximum absolute atomic E-state index is 12.9. The Balaban J connectivity index is 1.75. The first-order chi connectivity index (χ1) is 16.0. The number of hydrogen-bond acceptors (Lipinski definition) is 7. The Labute approximate surface area is 201 Å². The highest BCUT2D eigenvalue weighted by atomic mass is 32.2. The average molecular weight is 477 g/mol. The Bertz CT molecular complexity index is 912. The molecular weight excluding hydrogens is 440 g/mol. The van der Waals surface area contributed by atoms with Crippen molar-refractivity contribution in [2.24, 2.45) is 5.92 Å². The van der Waals surface area contributed by atoms with Crippen molar-refractivity contribution >= 4 is 17.7 Å². The summed E-state index contributed by atoms with van der Waals surface area (Å²) in [6.07, 6.45) is 5.38. The minimum Gasteiger partial charge on any atom is -0.493 e. The summed E-state index contributed by atoms with van der Waals surface area (Å²) in [5.41, 5.74) is 0.879. The number of carbonyl (C=O) groups excluding carboxylic acids is 1. The van der Waals surface area contributed by atoms with Crippen LogP contribution in [0, 0.1) is 5.92 Å². The zero-order valence-electron chi connectivity index (χ0n) is 20.4. The van der Waals surface area contributed by atoms with E-state index < -0.39 is 0 Å². The van der Waals surface area contributed by atoms with Crippen molar-refractivity contribution in [2.45, 2.75) is 56.8 Å². The molecule has 0 radical (unpaired) electrons. The van der Waals surface area contributed by atoms with Gasteiger partial charge in [0, 0.05) is 38.9 Å². The largest absolute Gasteiger partial charge is 0.493 e. The van der Waals surface area contributed by atoms with Crippen LogP contribution in [-0.2, 0) is 16.1 Å². The molecule has 1 amide bonds. The van der Waals surface area contributed by atoms with Crippen LogP contribution < -0.4 is 9.47 Å². The van der Waals surface area contributed by atoms with Crippen molar-refractivity contribution in [2.75, 3.05) is 40.7 Å². The van der Waals surface area contributed by atoms with Crippen molar-refractivity contribution in [3.63, 3.8) is 0 Å². The third kappa shape index (κ3) is 6.41. The minimum atomic E-state index is 0.138. The Morgan fingerprint density at radius 3 is 2.52 bits per heavy atom. The first-order valence-electron chi connectivity index (χ1n) is 11.5. The van der Waals surface area contributed by atoms with E-state index in [-0.39, 0.29) is 5.91 Å². The summed E-state index contributed by atoms with van der Waals surface area (Å²) in [5.74, 6) is 3.27. The van der Waals surface area contributed by atoms with E-state index in [9.17, 15) is 4.79 Å². The van der Waals surface area contributed by atoms with Gasteiger partial charge in [-0.2, -0.15) is 0 Å². The first kappa shape index (κ1) is 25.4. The highest BCUT2D eigenvalue weighted by molar-refractivity contribution is 7.99. The van der Waals surface area contributed by atoms with Gasteiger partial charge in [0.1, 0.15) is 0 Å². The minimum absolute atomic E-state index is 0.138. The molecule has 1 aromatic heterocycles. The number of methoxy groups -OCH3 is 3. The topological polar surface area (TPSA) is 78.7 Å². The monoisotopic (exact) mass is 476 g/mol. The van der Waals surface area contributed by atoms with Crippen LogP contribution in [0.5, 0.6) is 11.5 Å². The van der Waals surface area contributed by atoms with Gasteiger partial charge in [0.2, 0.25) is 5.91 Å². The lowest BCUT2D eigenvalue weighted by Crippen LogP contribution is -2.40. The standard InChI is InChI=1S/C24H36N4O4S/c1-17-7-10-19(11-8-17)27(2)22(29)16-33-24-26-25-23(28(24)13-6-14-30-3)18-9-12-20(31-4)21(15-18)32-5/h9,12,15,17,19H,6-8,10-11,13-14,16H2,1-5H3. The summed E-state index contributed by atoms with van der Waals surface area (Å²) < 4.78 is 18.1. The SMILES string of the molecule is COCCCn1c(SCC(=O)N(C)C2CCC(C)CC2)nnc1-c1ccc(OC)c(OC)c1. The fourth-order valence-electron chi connectivity index (χ4n) is 4.21. The summed E-state index contributed by atoms with van der Waals surface area (Å²) in [7, 11) is 6.85. The molecule has 1 fully saturated rings. The van der Waals surface area contributed by atoms with E-state index in [1.165, 1.54) is 24.6 Å². The van der Waals surface area contributed by atoms with Crippen LogP contribution in [-0.4, -0.2) is 72.4 Å². The van der Waals surface area contributed by atoms with Gasteiger partial charge < -0.3 is 23.7 Å². The lowest BCUT2D eigenvalue weighted by Gasteiger charge is -2.33. The molecule has 0 spiro atoms. The van der Waals surface area contributed by atoms with E-state index in [0.717, 1.165) is 41.7 Å². The van der Waals surface area contributed by atoms with E-state index >= 15 is 0 Å². The van der Waals surface area contributed by atoms with Crippen LogP contribution in [0.2, 0.25) is 0 Å². The zero-order valence-corrected chi connectivity index (χ0v) is 21.2. The van der Waals surface area contributed by atoms with Crippen molar-refractivity contribution in [3.05, 3.63) is 18.2 Å². The highest BCUT2D eigenvalue weighted by Crippen LogP contribution is 2.33. The zero-order chi connectivity index (χ0) is 23.8. The first-order valence-corrected chi connectivity index (χ1v) is 12.5. The van der Waals surface area contributed by atoms with Gasteiger partial charge in [-0.15, -0.1) is 10.2 Å². The molecule has 0 aliphatic heterocycles. The molecule has 182 valence electrons. The molecular formula is C24H36N4O4S. The number of ether oxygens (including phenoxy) is 3. The maximum Gasteiger partial charge on any atom is 0.233 e. The normalized spacial score (nSPS) is 18.2. The maximum atomic E-state index is 12.9. The quantitative estimate of drug-likeness (QED) is 0.356. The molecule has 0 saturated heterocycles. The molecule has 0 unspecified atom stereocenters. The Kier molecular flexibility index (Phi) is 9.43. The third-order valence-corrected chi connectivity index (χ3v) is 7.29. The molecule has 33 heavy (non-hydrogen) atoms. The number of aromatic nitrogens is 3. The number of amides is 1. The van der Waals surface area contributed by atoms with Crippen molar-refractivity contribution in [3.8, 4) is 22.9 Å². The van der Waals surface area contributed by atoms with Crippen LogP contribution in [0.3, 0.4) is 0 Å². The molecule has 1 aliphatic rings. The van der Waals surface area contributed by atoms with Gasteiger partial charge in [-0.1, -0.05) is 18.7 Å². The fraction of sp³-hybridized carbons (Fsp3) is 0.625. The summed E-state index contributed by atoms with van der Waals surface area (Å²) in [6.45, 7) is 3.62. The van der Waals surface area contributed by atoms with E-state index in [2.05, 4.69) is 21.7 Å². The second-order valence-electron chi connectivity index (χ2n) is 8.58. The van der Waals surface area contributed by atoms with Gasteiger partial charge in [0.05, 0.1) is 20.0 Å². The molecule has 0 bridgehead atoms. The van der Waals surface area contributed by atoms with Gasteiger partial charge in [-0.05, 0) is 56.2 Å². The molecule has 9 heteroatoms. The molecule has 1 aromatic carbocycles. The summed E-state index contributed by atoms with van der Waals surface area (Å²) >= 11 is 1.44. The molecule has 0 atom stereocenters. The van der Waals surface area contributed by atoms with Crippen molar-refractivity contribution < 1.29 is 19.0 Å².